The van der Waals surface area contributed by atoms with Crippen LogP contribution in [-0.4, -0.2) is 20.2 Å². The number of nitrogens with two attached hydrogens (primary N) is 1. The van der Waals surface area contributed by atoms with Crippen LogP contribution in [0.5, 0.6) is 0 Å². The fraction of sp³-hybridized carbons (Fsp3) is 0.0400. The highest BCUT2D eigenvalue weighted by atomic mass is 32.2. The monoisotopic (exact) mass is 457 g/mol. The van der Waals surface area contributed by atoms with Crippen molar-refractivity contribution in [3.63, 3.8) is 0 Å². The van der Waals surface area contributed by atoms with Crippen LogP contribution in [0.4, 0.5) is 11.4 Å². The van der Waals surface area contributed by atoms with Crippen LogP contribution in [-0.2, 0) is 14.8 Å². The number of nitrogens with zero attached hydrogens (tertiary/aromatic N) is 1. The Balaban J connectivity index is 1.73. The van der Waals surface area contributed by atoms with E-state index < -0.39 is 22.0 Å². The molecule has 0 saturated carbocycles. The van der Waals surface area contributed by atoms with Gasteiger partial charge in [0.15, 0.2) is 0 Å². The molecule has 2 amide bonds. The van der Waals surface area contributed by atoms with E-state index in [9.17, 15) is 18.0 Å². The van der Waals surface area contributed by atoms with Gasteiger partial charge in [-0.3, -0.25) is 14.5 Å². The number of anilines is 2. The second kappa shape index (κ2) is 7.84. The molecule has 4 aromatic carbocycles. The zero-order valence-corrected chi connectivity index (χ0v) is 18.1. The van der Waals surface area contributed by atoms with Gasteiger partial charge in [-0.1, -0.05) is 66.7 Å². The third-order valence-electron chi connectivity index (χ3n) is 5.67. The Labute approximate surface area is 190 Å². The van der Waals surface area contributed by atoms with Crippen molar-refractivity contribution in [2.75, 3.05) is 10.2 Å². The average molecular weight is 458 g/mol. The zero-order chi connectivity index (χ0) is 23.2. The van der Waals surface area contributed by atoms with Crippen LogP contribution in [0.3, 0.4) is 0 Å². The number of carbonyl (C=O) groups excluding carboxylic acids is 2. The number of hydrogen-bond acceptors (Lipinski definition) is 4. The number of nitrogens with one attached hydrogen (secondary N) is 1. The lowest BCUT2D eigenvalue weighted by molar-refractivity contribution is -0.117. The Kier molecular flexibility index (Phi) is 4.96. The number of primary sulfonamides is 1. The van der Waals surface area contributed by atoms with Gasteiger partial charge in [-0.25, -0.2) is 13.6 Å². The second-order valence-electron chi connectivity index (χ2n) is 7.73. The smallest absolute Gasteiger partial charge is 0.259 e. The molecule has 3 N–H and O–H groups in total. The topological polar surface area (TPSA) is 110 Å². The molecule has 1 atom stereocenters. The summed E-state index contributed by atoms with van der Waals surface area (Å²) in [5.74, 6) is -0.825. The summed E-state index contributed by atoms with van der Waals surface area (Å²) in [7, 11) is -3.99. The number of hydrogen-bond donors (Lipinski definition) is 2. The minimum Gasteiger partial charge on any atom is -0.322 e. The van der Waals surface area contributed by atoms with Gasteiger partial charge in [-0.2, -0.15) is 0 Å². The quantitative estimate of drug-likeness (QED) is 0.487. The lowest BCUT2D eigenvalue weighted by Crippen LogP contribution is -2.45. The standard InChI is InChI=1S/C25H19N3O4S/c26-33(31,32)18-13-14-22-21(15-18)27-24(29)23(17-8-2-1-3-9-17)28(22)25(30)20-12-6-10-16-7-4-5-11-19(16)20/h1-15,23H,(H,27,29)(H2,26,31,32). The molecule has 0 spiro atoms. The number of fused-ring (bicyclic) bond motifs is 2. The summed E-state index contributed by atoms with van der Waals surface area (Å²) in [6, 6.07) is 25.1. The SMILES string of the molecule is NS(=O)(=O)c1ccc2c(c1)NC(=O)C(c1ccccc1)N2C(=O)c1cccc2ccccc12. The second-order valence-corrected chi connectivity index (χ2v) is 9.29. The van der Waals surface area contributed by atoms with Gasteiger partial charge < -0.3 is 5.32 Å². The van der Waals surface area contributed by atoms with Crippen molar-refractivity contribution in [1.29, 1.82) is 0 Å². The molecule has 0 aliphatic carbocycles. The van der Waals surface area contributed by atoms with E-state index in [0.29, 0.717) is 16.8 Å². The summed E-state index contributed by atoms with van der Waals surface area (Å²) in [5, 5.41) is 9.66. The van der Waals surface area contributed by atoms with E-state index in [1.807, 2.05) is 36.4 Å². The fourth-order valence-electron chi connectivity index (χ4n) is 4.16. The molecule has 164 valence electrons. The molecule has 33 heavy (non-hydrogen) atoms. The van der Waals surface area contributed by atoms with E-state index in [0.717, 1.165) is 10.8 Å². The van der Waals surface area contributed by atoms with Gasteiger partial charge >= 0.3 is 0 Å². The van der Waals surface area contributed by atoms with Gasteiger partial charge in [0.25, 0.3) is 11.8 Å². The number of amides is 2. The first kappa shape index (κ1) is 20.9. The number of carbonyl (C=O) groups is 2. The number of benzene rings is 4. The summed E-state index contributed by atoms with van der Waals surface area (Å²) >= 11 is 0. The summed E-state index contributed by atoms with van der Waals surface area (Å²) < 4.78 is 23.7. The number of rotatable bonds is 3. The molecule has 0 saturated heterocycles. The lowest BCUT2D eigenvalue weighted by Gasteiger charge is -2.37. The van der Waals surface area contributed by atoms with Crippen molar-refractivity contribution in [1.82, 2.24) is 0 Å². The van der Waals surface area contributed by atoms with Crippen molar-refractivity contribution in [2.45, 2.75) is 10.9 Å². The fourth-order valence-corrected chi connectivity index (χ4v) is 4.70. The maximum absolute atomic E-state index is 14.0. The van der Waals surface area contributed by atoms with Crippen LogP contribution < -0.4 is 15.4 Å². The van der Waals surface area contributed by atoms with Crippen molar-refractivity contribution in [3.8, 4) is 0 Å². The first-order valence-electron chi connectivity index (χ1n) is 10.2. The van der Waals surface area contributed by atoms with Gasteiger partial charge in [0, 0.05) is 5.56 Å². The van der Waals surface area contributed by atoms with Crippen LogP contribution in [0.25, 0.3) is 10.8 Å². The van der Waals surface area contributed by atoms with Crippen LogP contribution in [0.15, 0.2) is 95.9 Å². The third kappa shape index (κ3) is 3.65. The Hall–Kier alpha value is -4.01. The Morgan fingerprint density at radius 3 is 2.33 bits per heavy atom. The highest BCUT2D eigenvalue weighted by molar-refractivity contribution is 7.89. The van der Waals surface area contributed by atoms with Gasteiger partial charge in [0.1, 0.15) is 6.04 Å². The van der Waals surface area contributed by atoms with Gasteiger partial charge in [0.05, 0.1) is 16.3 Å². The minimum atomic E-state index is -3.99. The molecule has 1 unspecified atom stereocenters. The van der Waals surface area contributed by atoms with Crippen molar-refractivity contribution < 1.29 is 18.0 Å². The molecule has 1 heterocycles. The molecule has 0 aromatic heterocycles. The van der Waals surface area contributed by atoms with Crippen molar-refractivity contribution >= 4 is 44.0 Å². The maximum atomic E-state index is 14.0. The number of sulfonamides is 1. The van der Waals surface area contributed by atoms with Crippen LogP contribution in [0.2, 0.25) is 0 Å². The van der Waals surface area contributed by atoms with Gasteiger partial charge in [-0.15, -0.1) is 0 Å². The predicted octanol–water partition coefficient (Wildman–Crippen LogP) is 3.83. The van der Waals surface area contributed by atoms with Crippen LogP contribution in [0.1, 0.15) is 22.0 Å². The summed E-state index contributed by atoms with van der Waals surface area (Å²) in [6.45, 7) is 0. The van der Waals surface area contributed by atoms with E-state index >= 15 is 0 Å². The van der Waals surface area contributed by atoms with E-state index in [4.69, 9.17) is 5.14 Å². The Morgan fingerprint density at radius 2 is 1.58 bits per heavy atom. The molecule has 1 aliphatic heterocycles. The Bertz CT molecular complexity index is 1510. The van der Waals surface area contributed by atoms with E-state index in [1.165, 1.54) is 23.1 Å². The van der Waals surface area contributed by atoms with Crippen molar-refractivity contribution in [2.24, 2.45) is 5.14 Å². The van der Waals surface area contributed by atoms with Crippen LogP contribution >= 0.6 is 0 Å². The largest absolute Gasteiger partial charge is 0.322 e. The van der Waals surface area contributed by atoms with E-state index in [2.05, 4.69) is 5.32 Å². The maximum Gasteiger partial charge on any atom is 0.259 e. The highest BCUT2D eigenvalue weighted by Gasteiger charge is 2.39. The molecule has 1 aliphatic rings. The average Bonchev–Trinajstić information content (AvgIpc) is 2.82. The molecule has 0 bridgehead atoms. The molecule has 7 nitrogen and oxygen atoms in total. The summed E-state index contributed by atoms with van der Waals surface area (Å²) in [6.07, 6.45) is 0. The molecule has 5 rings (SSSR count). The molecular formula is C25H19N3O4S. The molecule has 8 heteroatoms. The summed E-state index contributed by atoms with van der Waals surface area (Å²) in [4.78, 5) is 28.5. The Morgan fingerprint density at radius 1 is 0.879 bits per heavy atom. The lowest BCUT2D eigenvalue weighted by atomic mass is 9.97. The third-order valence-corrected chi connectivity index (χ3v) is 6.59. The summed E-state index contributed by atoms with van der Waals surface area (Å²) in [5.41, 5.74) is 1.65. The molecule has 0 radical (unpaired) electrons. The zero-order valence-electron chi connectivity index (χ0n) is 17.3. The predicted molar refractivity (Wildman–Crippen MR) is 126 cm³/mol. The van der Waals surface area contributed by atoms with E-state index in [-0.39, 0.29) is 16.5 Å². The van der Waals surface area contributed by atoms with Gasteiger partial charge in [-0.05, 0) is 40.6 Å². The highest BCUT2D eigenvalue weighted by Crippen LogP contribution is 2.41. The normalized spacial score (nSPS) is 15.7. The first-order valence-corrected chi connectivity index (χ1v) is 11.7. The first-order chi connectivity index (χ1) is 15.8. The molecule has 4 aromatic rings. The minimum absolute atomic E-state index is 0.155. The van der Waals surface area contributed by atoms with Crippen molar-refractivity contribution in [3.05, 3.63) is 102 Å². The molecular weight excluding hydrogens is 438 g/mol. The van der Waals surface area contributed by atoms with Gasteiger partial charge in [0.2, 0.25) is 10.0 Å². The molecule has 0 fully saturated rings. The van der Waals surface area contributed by atoms with E-state index in [1.54, 1.807) is 36.4 Å². The van der Waals surface area contributed by atoms with Crippen LogP contribution in [0, 0.1) is 0 Å².